The van der Waals surface area contributed by atoms with Crippen molar-refractivity contribution in [1.29, 1.82) is 0 Å². The molecule has 0 spiro atoms. The molecule has 0 aliphatic heterocycles. The second-order valence-electron chi connectivity index (χ2n) is 2.10. The number of aromatic nitrogens is 1. The van der Waals surface area contributed by atoms with Crippen LogP contribution in [0.1, 0.15) is 4.88 Å². The van der Waals surface area contributed by atoms with E-state index in [1.165, 1.54) is 11.3 Å². The summed E-state index contributed by atoms with van der Waals surface area (Å²) in [6.45, 7) is 1.84. The Balaban J connectivity index is 2.77. The highest BCUT2D eigenvalue weighted by Gasteiger charge is 2.09. The number of alkyl halides is 1. The molecule has 0 amide bonds. The van der Waals surface area contributed by atoms with E-state index in [9.17, 15) is 8.42 Å². The van der Waals surface area contributed by atoms with Crippen LogP contribution in [0.3, 0.4) is 0 Å². The van der Waals surface area contributed by atoms with Crippen LogP contribution in [0.2, 0.25) is 0 Å². The van der Waals surface area contributed by atoms with E-state index in [1.807, 2.05) is 6.92 Å². The molecule has 0 aliphatic carbocycles. The molecule has 68 valence electrons. The van der Waals surface area contributed by atoms with Gasteiger partial charge in [-0.1, -0.05) is 0 Å². The third kappa shape index (κ3) is 2.62. The van der Waals surface area contributed by atoms with Gasteiger partial charge in [0, 0.05) is 11.1 Å². The molecule has 1 aromatic heterocycles. The molecule has 0 bridgehead atoms. The first-order valence-corrected chi connectivity index (χ1v) is 6.03. The van der Waals surface area contributed by atoms with Crippen molar-refractivity contribution in [2.75, 3.05) is 9.93 Å². The average molecular weight is 227 g/mol. The van der Waals surface area contributed by atoms with Gasteiger partial charge in [0.25, 0.3) is 0 Å². The van der Waals surface area contributed by atoms with Crippen LogP contribution >= 0.6 is 22.9 Å². The largest absolute Gasteiger partial charge is 0.258 e. The van der Waals surface area contributed by atoms with Crippen molar-refractivity contribution in [2.24, 2.45) is 0 Å². The number of anilines is 1. The van der Waals surface area contributed by atoms with Crippen LogP contribution in [-0.2, 0) is 10.0 Å². The molecule has 0 saturated carbocycles. The van der Waals surface area contributed by atoms with Crippen LogP contribution in [0.15, 0.2) is 6.20 Å². The van der Waals surface area contributed by atoms with E-state index in [-0.39, 0.29) is 0 Å². The van der Waals surface area contributed by atoms with Crippen molar-refractivity contribution in [2.45, 2.75) is 6.92 Å². The molecule has 1 heterocycles. The smallest absolute Gasteiger partial charge is 0.248 e. The Morgan fingerprint density at radius 2 is 2.42 bits per heavy atom. The monoisotopic (exact) mass is 226 g/mol. The summed E-state index contributed by atoms with van der Waals surface area (Å²) < 4.78 is 24.0. The number of thiazole rings is 1. The Morgan fingerprint density at radius 3 is 2.83 bits per heavy atom. The molecular formula is C5H7ClN2O2S2. The van der Waals surface area contributed by atoms with Gasteiger partial charge in [-0.25, -0.2) is 13.4 Å². The molecule has 4 nitrogen and oxygen atoms in total. The van der Waals surface area contributed by atoms with E-state index in [0.717, 1.165) is 4.88 Å². The number of sulfonamides is 1. The molecule has 0 atom stereocenters. The Hall–Kier alpha value is -0.330. The lowest BCUT2D eigenvalue weighted by atomic mass is 10.7. The van der Waals surface area contributed by atoms with Crippen molar-refractivity contribution in [1.82, 2.24) is 4.98 Å². The number of halogens is 1. The minimum atomic E-state index is -3.40. The lowest BCUT2D eigenvalue weighted by Crippen LogP contribution is -2.12. The van der Waals surface area contributed by atoms with Gasteiger partial charge in [-0.05, 0) is 6.92 Å². The predicted molar refractivity (Wildman–Crippen MR) is 50.1 cm³/mol. The quantitative estimate of drug-likeness (QED) is 0.793. The number of aryl methyl sites for hydroxylation is 1. The number of rotatable bonds is 3. The van der Waals surface area contributed by atoms with Crippen LogP contribution in [0, 0.1) is 6.92 Å². The third-order valence-corrected chi connectivity index (χ3v) is 3.62. The zero-order valence-electron chi connectivity index (χ0n) is 6.24. The summed E-state index contributed by atoms with van der Waals surface area (Å²) in [7, 11) is -3.40. The number of hydrogen-bond donors (Lipinski definition) is 1. The number of nitrogens with zero attached hydrogens (tertiary/aromatic N) is 1. The summed E-state index contributed by atoms with van der Waals surface area (Å²) in [4.78, 5) is 4.77. The van der Waals surface area contributed by atoms with Crippen LogP contribution in [0.5, 0.6) is 0 Å². The second kappa shape index (κ2) is 3.59. The van der Waals surface area contributed by atoms with Gasteiger partial charge in [0.15, 0.2) is 5.13 Å². The van der Waals surface area contributed by atoms with Gasteiger partial charge in [-0.3, -0.25) is 4.72 Å². The molecule has 7 heteroatoms. The fourth-order valence-corrected chi connectivity index (χ4v) is 2.16. The van der Waals surface area contributed by atoms with Crippen LogP contribution in [-0.4, -0.2) is 18.6 Å². The van der Waals surface area contributed by atoms with Crippen molar-refractivity contribution >= 4 is 38.1 Å². The average Bonchev–Trinajstić information content (AvgIpc) is 2.35. The molecule has 0 fully saturated rings. The van der Waals surface area contributed by atoms with E-state index in [4.69, 9.17) is 11.6 Å². The maximum atomic E-state index is 10.9. The van der Waals surface area contributed by atoms with Gasteiger partial charge in [-0.2, -0.15) is 0 Å². The normalized spacial score (nSPS) is 11.5. The van der Waals surface area contributed by atoms with E-state index in [1.54, 1.807) is 6.20 Å². The number of nitrogens with one attached hydrogen (secondary N) is 1. The van der Waals surface area contributed by atoms with Gasteiger partial charge < -0.3 is 0 Å². The van der Waals surface area contributed by atoms with Crippen LogP contribution in [0.4, 0.5) is 5.13 Å². The van der Waals surface area contributed by atoms with Gasteiger partial charge in [0.2, 0.25) is 10.0 Å². The molecule has 12 heavy (non-hydrogen) atoms. The first-order chi connectivity index (χ1) is 5.53. The van der Waals surface area contributed by atoms with Crippen molar-refractivity contribution in [3.05, 3.63) is 11.1 Å². The summed E-state index contributed by atoms with van der Waals surface area (Å²) in [5, 5.41) is -0.0980. The van der Waals surface area contributed by atoms with Crippen molar-refractivity contribution in [3.63, 3.8) is 0 Å². The molecule has 1 rings (SSSR count). The Labute approximate surface area is 79.6 Å². The highest BCUT2D eigenvalue weighted by molar-refractivity contribution is 7.94. The van der Waals surface area contributed by atoms with E-state index < -0.39 is 15.2 Å². The van der Waals surface area contributed by atoms with Gasteiger partial charge in [-0.15, -0.1) is 22.9 Å². The molecule has 1 aromatic rings. The zero-order valence-corrected chi connectivity index (χ0v) is 8.63. The van der Waals surface area contributed by atoms with Gasteiger partial charge >= 0.3 is 0 Å². The lowest BCUT2D eigenvalue weighted by molar-refractivity contribution is 0.605. The topological polar surface area (TPSA) is 59.1 Å². The van der Waals surface area contributed by atoms with Gasteiger partial charge in [0.05, 0.1) is 0 Å². The SMILES string of the molecule is Cc1cnc(NS(=O)(=O)CCl)s1. The Bertz CT molecular complexity index is 359. The minimum Gasteiger partial charge on any atom is -0.258 e. The van der Waals surface area contributed by atoms with E-state index in [2.05, 4.69) is 9.71 Å². The summed E-state index contributed by atoms with van der Waals surface area (Å²) >= 11 is 6.45. The first-order valence-electron chi connectivity index (χ1n) is 3.02. The molecule has 0 radical (unpaired) electrons. The van der Waals surface area contributed by atoms with Crippen LogP contribution in [0.25, 0.3) is 0 Å². The third-order valence-electron chi connectivity index (χ3n) is 1.01. The minimum absolute atomic E-state index is 0.355. The number of hydrogen-bond acceptors (Lipinski definition) is 4. The fourth-order valence-electron chi connectivity index (χ4n) is 0.562. The maximum Gasteiger partial charge on any atom is 0.248 e. The highest BCUT2D eigenvalue weighted by Crippen LogP contribution is 2.17. The molecule has 1 N–H and O–H groups in total. The summed E-state index contributed by atoms with van der Waals surface area (Å²) in [6, 6.07) is 0. The fraction of sp³-hybridized carbons (Fsp3) is 0.400. The standard InChI is InChI=1S/C5H7ClN2O2S2/c1-4-2-7-5(11-4)8-12(9,10)3-6/h2H,3H2,1H3,(H,7,8). The summed E-state index contributed by atoms with van der Waals surface area (Å²) in [5.74, 6) is 0. The van der Waals surface area contributed by atoms with E-state index >= 15 is 0 Å². The Kier molecular flexibility index (Phi) is 2.92. The van der Waals surface area contributed by atoms with Crippen molar-refractivity contribution < 1.29 is 8.42 Å². The molecule has 0 aliphatic rings. The highest BCUT2D eigenvalue weighted by atomic mass is 35.5. The predicted octanol–water partition coefficient (Wildman–Crippen LogP) is 1.39. The molecule has 0 aromatic carbocycles. The molecule has 0 saturated heterocycles. The molecule has 0 unspecified atom stereocenters. The zero-order chi connectivity index (χ0) is 9.19. The second-order valence-corrected chi connectivity index (χ2v) is 5.64. The van der Waals surface area contributed by atoms with Crippen LogP contribution < -0.4 is 4.72 Å². The first kappa shape index (κ1) is 9.76. The van der Waals surface area contributed by atoms with E-state index in [0.29, 0.717) is 5.13 Å². The Morgan fingerprint density at radius 1 is 1.75 bits per heavy atom. The van der Waals surface area contributed by atoms with Crippen molar-refractivity contribution in [3.8, 4) is 0 Å². The molecular weight excluding hydrogens is 220 g/mol. The summed E-state index contributed by atoms with van der Waals surface area (Å²) in [6.07, 6.45) is 1.59. The van der Waals surface area contributed by atoms with Gasteiger partial charge in [0.1, 0.15) is 5.21 Å². The maximum absolute atomic E-state index is 10.9. The summed E-state index contributed by atoms with van der Waals surface area (Å²) in [5.41, 5.74) is 0. The lowest BCUT2D eigenvalue weighted by Gasteiger charge is -1.98.